The molecule has 0 bridgehead atoms. The highest BCUT2D eigenvalue weighted by Gasteiger charge is 2.25. The molecule has 0 fully saturated rings. The van der Waals surface area contributed by atoms with Gasteiger partial charge in [0.05, 0.1) is 11.1 Å². The third-order valence-electron chi connectivity index (χ3n) is 4.32. The molecule has 7 nitrogen and oxygen atoms in total. The molecule has 0 saturated carbocycles. The number of aliphatic imine (C=N–C) groups is 1. The number of carbonyl (C=O) groups excluding carboxylic acids is 2. The van der Waals surface area contributed by atoms with Crippen molar-refractivity contribution in [3.05, 3.63) is 48.1 Å². The maximum Gasteiger partial charge on any atom is 0.232 e. The highest BCUT2D eigenvalue weighted by molar-refractivity contribution is 7.19. The molecule has 8 heteroatoms. The molecule has 0 radical (unpaired) electrons. The number of hydrogen-bond acceptors (Lipinski definition) is 7. The number of nitrogens with zero attached hydrogens (tertiary/aromatic N) is 3. The zero-order valence-corrected chi connectivity index (χ0v) is 15.8. The van der Waals surface area contributed by atoms with Gasteiger partial charge in [-0.3, -0.25) is 14.2 Å². The Kier molecular flexibility index (Phi) is 4.20. The molecule has 3 aromatic rings. The van der Waals surface area contributed by atoms with Gasteiger partial charge in [-0.1, -0.05) is 35.6 Å². The van der Waals surface area contributed by atoms with E-state index in [0.29, 0.717) is 16.5 Å². The van der Waals surface area contributed by atoms with Gasteiger partial charge in [-0.2, -0.15) is 4.98 Å². The lowest BCUT2D eigenvalue weighted by Crippen LogP contribution is -2.11. The molecular weight excluding hydrogens is 378 g/mol. The lowest BCUT2D eigenvalue weighted by molar-refractivity contribution is -0.108. The molecular formula is C20H15N3O4S. The topological polar surface area (TPSA) is 105 Å². The van der Waals surface area contributed by atoms with Crippen LogP contribution in [0.15, 0.2) is 53.1 Å². The third-order valence-corrected chi connectivity index (χ3v) is 5.28. The van der Waals surface area contributed by atoms with Crippen molar-refractivity contribution in [1.82, 2.24) is 9.55 Å². The van der Waals surface area contributed by atoms with Crippen LogP contribution in [0.4, 0.5) is 5.13 Å². The molecule has 0 aliphatic heterocycles. The summed E-state index contributed by atoms with van der Waals surface area (Å²) in [6.45, 7) is 3.19. The molecule has 1 aliphatic rings. The first kappa shape index (κ1) is 17.9. The van der Waals surface area contributed by atoms with Crippen LogP contribution in [0.1, 0.15) is 18.6 Å². The third kappa shape index (κ3) is 2.84. The summed E-state index contributed by atoms with van der Waals surface area (Å²) in [4.78, 5) is 32.5. The molecule has 140 valence electrons. The van der Waals surface area contributed by atoms with E-state index >= 15 is 0 Å². The molecule has 2 N–H and O–H groups in total. The maximum absolute atomic E-state index is 12.0. The van der Waals surface area contributed by atoms with E-state index in [1.807, 2.05) is 6.92 Å². The number of thiazole rings is 1. The lowest BCUT2D eigenvalue weighted by Gasteiger charge is -2.02. The summed E-state index contributed by atoms with van der Waals surface area (Å²) in [5.41, 5.74) is 1.92. The number of rotatable bonds is 2. The Hall–Kier alpha value is -3.52. The van der Waals surface area contributed by atoms with Gasteiger partial charge in [0, 0.05) is 12.3 Å². The van der Waals surface area contributed by atoms with Crippen LogP contribution >= 0.6 is 11.3 Å². The Morgan fingerprint density at radius 3 is 2.71 bits per heavy atom. The number of benzene rings is 1. The zero-order valence-electron chi connectivity index (χ0n) is 15.0. The van der Waals surface area contributed by atoms with E-state index < -0.39 is 0 Å². The van der Waals surface area contributed by atoms with Crippen molar-refractivity contribution in [2.45, 2.75) is 13.8 Å². The van der Waals surface area contributed by atoms with E-state index in [2.05, 4.69) is 9.98 Å². The van der Waals surface area contributed by atoms with Crippen molar-refractivity contribution in [3.63, 3.8) is 0 Å². The van der Waals surface area contributed by atoms with Crippen molar-refractivity contribution in [2.75, 3.05) is 0 Å². The second kappa shape index (κ2) is 6.58. The largest absolute Gasteiger partial charge is 0.494 e. The van der Waals surface area contributed by atoms with Gasteiger partial charge in [-0.25, -0.2) is 4.99 Å². The molecule has 0 amide bonds. The van der Waals surface area contributed by atoms with Crippen LogP contribution in [0.25, 0.3) is 21.3 Å². The van der Waals surface area contributed by atoms with Crippen LogP contribution in [0.2, 0.25) is 0 Å². The fourth-order valence-corrected chi connectivity index (χ4v) is 4.00. The van der Waals surface area contributed by atoms with Crippen LogP contribution < -0.4 is 0 Å². The highest BCUT2D eigenvalue weighted by atomic mass is 32.1. The Labute approximate surface area is 163 Å². The highest BCUT2D eigenvalue weighted by Crippen LogP contribution is 2.47. The first-order chi connectivity index (χ1) is 13.4. The number of hydrogen-bond donors (Lipinski definition) is 2. The molecule has 1 aliphatic carbocycles. The van der Waals surface area contributed by atoms with E-state index in [-0.39, 0.29) is 39.2 Å². The van der Waals surface area contributed by atoms with Gasteiger partial charge in [0.2, 0.25) is 28.6 Å². The summed E-state index contributed by atoms with van der Waals surface area (Å²) in [6, 6.07) is 6.98. The van der Waals surface area contributed by atoms with Crippen LogP contribution in [0.5, 0.6) is 11.8 Å². The SMILES string of the molecule is CC(=O)n1c(O)c(-c2sc(/N=C3\C=C(C)C=CC3=O)nc2O)c2ccccc21. The summed E-state index contributed by atoms with van der Waals surface area (Å²) >= 11 is 1.02. The number of allylic oxidation sites excluding steroid dienone is 4. The van der Waals surface area contributed by atoms with E-state index in [1.165, 1.54) is 17.6 Å². The van der Waals surface area contributed by atoms with Crippen molar-refractivity contribution in [3.8, 4) is 22.2 Å². The fourth-order valence-electron chi connectivity index (χ4n) is 3.10. The summed E-state index contributed by atoms with van der Waals surface area (Å²) in [7, 11) is 0. The molecule has 2 aromatic heterocycles. The average molecular weight is 393 g/mol. The Bertz CT molecular complexity index is 1240. The number of aromatic nitrogens is 2. The number of aromatic hydroxyl groups is 2. The summed E-state index contributed by atoms with van der Waals surface area (Å²) in [5.74, 6) is -1.22. The lowest BCUT2D eigenvalue weighted by atomic mass is 10.1. The van der Waals surface area contributed by atoms with Crippen LogP contribution in [-0.4, -0.2) is 37.2 Å². The molecule has 4 rings (SSSR count). The van der Waals surface area contributed by atoms with Gasteiger partial charge in [-0.15, -0.1) is 0 Å². The molecule has 1 aromatic carbocycles. The Morgan fingerprint density at radius 1 is 1.21 bits per heavy atom. The number of carbonyl (C=O) groups is 2. The number of fused-ring (bicyclic) bond motifs is 1. The molecule has 2 heterocycles. The van der Waals surface area contributed by atoms with E-state index in [4.69, 9.17) is 0 Å². The van der Waals surface area contributed by atoms with Gasteiger partial charge < -0.3 is 10.2 Å². The predicted molar refractivity (Wildman–Crippen MR) is 108 cm³/mol. The van der Waals surface area contributed by atoms with E-state index in [9.17, 15) is 19.8 Å². The van der Waals surface area contributed by atoms with E-state index in [0.717, 1.165) is 16.9 Å². The standard InChI is InChI=1S/C20H15N3O4S/c1-10-7-8-15(25)13(9-10)21-20-22-18(26)17(28-20)16-12-5-3-4-6-14(12)23(11(2)24)19(16)27/h3-9,26-27H,1-2H3/b21-13+. The van der Waals surface area contributed by atoms with Crippen molar-refractivity contribution in [2.24, 2.45) is 4.99 Å². The molecule has 0 atom stereocenters. The van der Waals surface area contributed by atoms with Gasteiger partial charge in [0.15, 0.2) is 0 Å². The van der Waals surface area contributed by atoms with Crippen LogP contribution in [-0.2, 0) is 4.79 Å². The zero-order chi connectivity index (χ0) is 20.0. The quantitative estimate of drug-likeness (QED) is 0.641. The van der Waals surface area contributed by atoms with Crippen molar-refractivity contribution < 1.29 is 19.8 Å². The second-order valence-corrected chi connectivity index (χ2v) is 7.28. The van der Waals surface area contributed by atoms with Gasteiger partial charge in [0.1, 0.15) is 10.6 Å². The first-order valence-electron chi connectivity index (χ1n) is 8.39. The van der Waals surface area contributed by atoms with Gasteiger partial charge in [0.25, 0.3) is 0 Å². The average Bonchev–Trinajstić information content (AvgIpc) is 3.14. The van der Waals surface area contributed by atoms with Crippen LogP contribution in [0, 0.1) is 0 Å². The molecule has 0 saturated heterocycles. The minimum atomic E-state index is -0.357. The van der Waals surface area contributed by atoms with E-state index in [1.54, 1.807) is 36.4 Å². The monoisotopic (exact) mass is 393 g/mol. The first-order valence-corrected chi connectivity index (χ1v) is 9.21. The summed E-state index contributed by atoms with van der Waals surface area (Å²) in [5, 5.41) is 21.8. The van der Waals surface area contributed by atoms with Crippen molar-refractivity contribution >= 4 is 44.8 Å². The summed E-state index contributed by atoms with van der Waals surface area (Å²) in [6.07, 6.45) is 4.76. The second-order valence-electron chi connectivity index (χ2n) is 6.30. The molecule has 28 heavy (non-hydrogen) atoms. The minimum Gasteiger partial charge on any atom is -0.494 e. The number of ketones is 1. The Balaban J connectivity index is 1.89. The van der Waals surface area contributed by atoms with Gasteiger partial charge in [-0.05, 0) is 30.7 Å². The number of para-hydroxylation sites is 1. The molecule has 0 unspecified atom stereocenters. The minimum absolute atomic E-state index is 0.175. The fraction of sp³-hybridized carbons (Fsp3) is 0.100. The summed E-state index contributed by atoms with van der Waals surface area (Å²) < 4.78 is 1.18. The smallest absolute Gasteiger partial charge is 0.232 e. The van der Waals surface area contributed by atoms with Gasteiger partial charge >= 0.3 is 0 Å². The Morgan fingerprint density at radius 2 is 1.96 bits per heavy atom. The maximum atomic E-state index is 12.0. The van der Waals surface area contributed by atoms with Crippen LogP contribution in [0.3, 0.4) is 0 Å². The normalized spacial score (nSPS) is 15.4. The molecule has 0 spiro atoms. The predicted octanol–water partition coefficient (Wildman–Crippen LogP) is 3.99. The van der Waals surface area contributed by atoms with Crippen molar-refractivity contribution in [1.29, 1.82) is 0 Å².